The summed E-state index contributed by atoms with van der Waals surface area (Å²) in [5.74, 6) is -0.187. The molecule has 2 nitrogen and oxygen atoms in total. The van der Waals surface area contributed by atoms with Gasteiger partial charge in [0.1, 0.15) is 5.82 Å². The quantitative estimate of drug-likeness (QED) is 0.570. The minimum Gasteiger partial charge on any atom is -0.343 e. The van der Waals surface area contributed by atoms with Crippen molar-refractivity contribution in [2.24, 2.45) is 0 Å². The van der Waals surface area contributed by atoms with Gasteiger partial charge in [-0.15, -0.1) is 0 Å². The van der Waals surface area contributed by atoms with Gasteiger partial charge < -0.3 is 9.88 Å². The molecule has 0 amide bonds. The zero-order valence-electron chi connectivity index (χ0n) is 14.3. The van der Waals surface area contributed by atoms with Gasteiger partial charge in [0.15, 0.2) is 0 Å². The topological polar surface area (TPSA) is 17.0 Å². The molecular formula is C21H25FN2. The molecule has 0 aliphatic heterocycles. The average molecular weight is 324 g/mol. The van der Waals surface area contributed by atoms with Crippen LogP contribution in [0.3, 0.4) is 0 Å². The van der Waals surface area contributed by atoms with Crippen LogP contribution in [0.2, 0.25) is 0 Å². The monoisotopic (exact) mass is 324 g/mol. The van der Waals surface area contributed by atoms with E-state index in [-0.39, 0.29) is 5.82 Å². The zero-order chi connectivity index (χ0) is 16.8. The lowest BCUT2D eigenvalue weighted by Crippen LogP contribution is -2.14. The Morgan fingerprint density at radius 2 is 1.79 bits per heavy atom. The Labute approximate surface area is 143 Å². The zero-order valence-corrected chi connectivity index (χ0v) is 14.3. The Morgan fingerprint density at radius 3 is 2.58 bits per heavy atom. The van der Waals surface area contributed by atoms with E-state index < -0.39 is 0 Å². The summed E-state index contributed by atoms with van der Waals surface area (Å²) in [6.07, 6.45) is 5.98. The maximum Gasteiger partial charge on any atom is 0.123 e. The molecular weight excluding hydrogens is 299 g/mol. The number of nitrogens with zero attached hydrogens (tertiary/aromatic N) is 1. The second-order valence-corrected chi connectivity index (χ2v) is 6.31. The maximum absolute atomic E-state index is 13.1. The minimum atomic E-state index is -0.187. The van der Waals surface area contributed by atoms with Crippen molar-refractivity contribution in [2.75, 3.05) is 6.54 Å². The molecule has 0 radical (unpaired) electrons. The van der Waals surface area contributed by atoms with E-state index in [1.54, 1.807) is 0 Å². The van der Waals surface area contributed by atoms with Crippen LogP contribution >= 0.6 is 0 Å². The molecule has 3 aromatic rings. The number of para-hydroxylation sites is 1. The smallest absolute Gasteiger partial charge is 0.123 e. The predicted octanol–water partition coefficient (Wildman–Crippen LogP) is 5.11. The van der Waals surface area contributed by atoms with Gasteiger partial charge >= 0.3 is 0 Å². The fraction of sp³-hybridized carbons (Fsp3) is 0.333. The molecule has 0 fully saturated rings. The fourth-order valence-corrected chi connectivity index (χ4v) is 3.10. The number of hydrogen-bond acceptors (Lipinski definition) is 1. The van der Waals surface area contributed by atoms with Gasteiger partial charge in [0.05, 0.1) is 0 Å². The molecule has 24 heavy (non-hydrogen) atoms. The van der Waals surface area contributed by atoms with Crippen LogP contribution in [-0.2, 0) is 13.1 Å². The van der Waals surface area contributed by atoms with Gasteiger partial charge in [0.2, 0.25) is 0 Å². The highest BCUT2D eigenvalue weighted by Gasteiger charge is 2.08. The van der Waals surface area contributed by atoms with E-state index in [4.69, 9.17) is 0 Å². The Kier molecular flexibility index (Phi) is 5.65. The summed E-state index contributed by atoms with van der Waals surface area (Å²) in [6.45, 7) is 4.94. The van der Waals surface area contributed by atoms with Crippen molar-refractivity contribution in [3.05, 3.63) is 71.7 Å². The summed E-state index contributed by atoms with van der Waals surface area (Å²) in [4.78, 5) is 0. The van der Waals surface area contributed by atoms with Gasteiger partial charge in [-0.2, -0.15) is 0 Å². The molecule has 126 valence electrons. The third-order valence-corrected chi connectivity index (χ3v) is 4.41. The normalized spacial score (nSPS) is 11.2. The lowest BCUT2D eigenvalue weighted by molar-refractivity contribution is 0.617. The summed E-state index contributed by atoms with van der Waals surface area (Å²) in [5.41, 5.74) is 3.66. The Morgan fingerprint density at radius 1 is 1.00 bits per heavy atom. The molecule has 0 saturated carbocycles. The summed E-state index contributed by atoms with van der Waals surface area (Å²) in [5, 5.41) is 4.84. The number of hydrogen-bond donors (Lipinski definition) is 1. The number of nitrogens with one attached hydrogen (secondary N) is 1. The van der Waals surface area contributed by atoms with E-state index >= 15 is 0 Å². The third kappa shape index (κ3) is 4.04. The number of rotatable bonds is 8. The summed E-state index contributed by atoms with van der Waals surface area (Å²) < 4.78 is 15.4. The van der Waals surface area contributed by atoms with Gasteiger partial charge in [-0.3, -0.25) is 0 Å². The molecule has 0 saturated heterocycles. The molecule has 1 aromatic heterocycles. The summed E-state index contributed by atoms with van der Waals surface area (Å²) in [6, 6.07) is 15.3. The number of aromatic nitrogens is 1. The Hall–Kier alpha value is -2.13. The fourth-order valence-electron chi connectivity index (χ4n) is 3.10. The van der Waals surface area contributed by atoms with Crippen molar-refractivity contribution in [1.82, 2.24) is 9.88 Å². The van der Waals surface area contributed by atoms with Crippen LogP contribution in [0, 0.1) is 5.82 Å². The van der Waals surface area contributed by atoms with E-state index in [2.05, 4.69) is 47.3 Å². The van der Waals surface area contributed by atoms with Crippen LogP contribution in [0.4, 0.5) is 4.39 Å². The molecule has 0 aliphatic carbocycles. The number of unbranched alkanes of at least 4 members (excludes halogenated alkanes) is 2. The number of fused-ring (bicyclic) bond motifs is 1. The number of halogens is 1. The van der Waals surface area contributed by atoms with E-state index in [9.17, 15) is 4.39 Å². The van der Waals surface area contributed by atoms with E-state index in [1.807, 2.05) is 12.1 Å². The van der Waals surface area contributed by atoms with Crippen LogP contribution in [-0.4, -0.2) is 11.1 Å². The first-order chi connectivity index (χ1) is 11.8. The SMILES string of the molecule is CCCCCNCc1cn(Cc2ccc(F)cc2)c2ccccc12. The highest BCUT2D eigenvalue weighted by atomic mass is 19.1. The average Bonchev–Trinajstić information content (AvgIpc) is 2.95. The van der Waals surface area contributed by atoms with E-state index in [0.29, 0.717) is 0 Å². The standard InChI is InChI=1S/C21H25FN2/c1-2-3-6-13-23-14-18-16-24(21-8-5-4-7-20(18)21)15-17-9-11-19(22)12-10-17/h4-5,7-12,16,23H,2-3,6,13-15H2,1H3. The van der Waals surface area contributed by atoms with Crippen LogP contribution in [0.25, 0.3) is 10.9 Å². The first-order valence-electron chi connectivity index (χ1n) is 8.80. The largest absolute Gasteiger partial charge is 0.343 e. The van der Waals surface area contributed by atoms with Crippen LogP contribution in [0.15, 0.2) is 54.7 Å². The van der Waals surface area contributed by atoms with Crippen LogP contribution in [0.1, 0.15) is 37.3 Å². The molecule has 1 N–H and O–H groups in total. The first kappa shape index (κ1) is 16.7. The summed E-state index contributed by atoms with van der Waals surface area (Å²) >= 11 is 0. The van der Waals surface area contributed by atoms with Crippen molar-refractivity contribution in [3.63, 3.8) is 0 Å². The molecule has 0 aliphatic rings. The second-order valence-electron chi connectivity index (χ2n) is 6.31. The van der Waals surface area contributed by atoms with Crippen molar-refractivity contribution in [1.29, 1.82) is 0 Å². The molecule has 3 rings (SSSR count). The molecule has 0 spiro atoms. The number of benzene rings is 2. The van der Waals surface area contributed by atoms with Gasteiger partial charge in [-0.25, -0.2) is 4.39 Å². The molecule has 0 unspecified atom stereocenters. The molecule has 0 atom stereocenters. The van der Waals surface area contributed by atoms with Gasteiger partial charge in [0.25, 0.3) is 0 Å². The third-order valence-electron chi connectivity index (χ3n) is 4.41. The highest BCUT2D eigenvalue weighted by Crippen LogP contribution is 2.22. The maximum atomic E-state index is 13.1. The molecule has 2 aromatic carbocycles. The lowest BCUT2D eigenvalue weighted by atomic mass is 10.1. The van der Waals surface area contributed by atoms with Gasteiger partial charge in [0, 0.05) is 30.2 Å². The molecule has 0 bridgehead atoms. The van der Waals surface area contributed by atoms with Crippen LogP contribution in [0.5, 0.6) is 0 Å². The van der Waals surface area contributed by atoms with E-state index in [0.717, 1.165) is 25.2 Å². The lowest BCUT2D eigenvalue weighted by Gasteiger charge is -2.05. The first-order valence-corrected chi connectivity index (χ1v) is 8.80. The van der Waals surface area contributed by atoms with Gasteiger partial charge in [-0.05, 0) is 42.3 Å². The van der Waals surface area contributed by atoms with E-state index in [1.165, 1.54) is 47.9 Å². The van der Waals surface area contributed by atoms with Gasteiger partial charge in [-0.1, -0.05) is 50.1 Å². The summed E-state index contributed by atoms with van der Waals surface area (Å²) in [7, 11) is 0. The highest BCUT2D eigenvalue weighted by molar-refractivity contribution is 5.84. The minimum absolute atomic E-state index is 0.187. The van der Waals surface area contributed by atoms with Crippen molar-refractivity contribution < 1.29 is 4.39 Å². The predicted molar refractivity (Wildman–Crippen MR) is 98.7 cm³/mol. The van der Waals surface area contributed by atoms with Crippen molar-refractivity contribution in [2.45, 2.75) is 39.3 Å². The van der Waals surface area contributed by atoms with Crippen molar-refractivity contribution >= 4 is 10.9 Å². The second kappa shape index (κ2) is 8.11. The Bertz CT molecular complexity index is 774. The Balaban J connectivity index is 1.77. The van der Waals surface area contributed by atoms with Crippen molar-refractivity contribution in [3.8, 4) is 0 Å². The molecule has 1 heterocycles. The van der Waals surface area contributed by atoms with Crippen LogP contribution < -0.4 is 5.32 Å². The molecule has 3 heteroatoms.